The molecule has 4 rings (SSSR count). The van der Waals surface area contributed by atoms with Crippen LogP contribution in [0.2, 0.25) is 0 Å². The van der Waals surface area contributed by atoms with Crippen LogP contribution in [0, 0.1) is 5.92 Å². The zero-order valence-corrected chi connectivity index (χ0v) is 25.0. The number of aliphatic imine (C=N–C) groups is 1. The van der Waals surface area contributed by atoms with Gasteiger partial charge in [0.25, 0.3) is 11.8 Å². The quantitative estimate of drug-likeness (QED) is 0.456. The van der Waals surface area contributed by atoms with Crippen LogP contribution >= 0.6 is 0 Å². The number of fused-ring (bicyclic) bond motifs is 1. The lowest BCUT2D eigenvalue weighted by Crippen LogP contribution is -2.43. The molecule has 1 aliphatic heterocycles. The molecule has 1 aromatic heterocycles. The van der Waals surface area contributed by atoms with Crippen LogP contribution in [0.5, 0.6) is 0 Å². The number of methoxy groups -OCH3 is 2. The number of benzene rings is 1. The van der Waals surface area contributed by atoms with E-state index in [0.717, 1.165) is 61.0 Å². The van der Waals surface area contributed by atoms with E-state index in [1.165, 1.54) is 7.11 Å². The number of hydrogen-bond donors (Lipinski definition) is 1. The van der Waals surface area contributed by atoms with Crippen LogP contribution in [0.3, 0.4) is 0 Å². The van der Waals surface area contributed by atoms with E-state index in [9.17, 15) is 9.59 Å². The first-order valence-corrected chi connectivity index (χ1v) is 14.2. The number of carbonyl (C=O) groups is 2. The zero-order valence-electron chi connectivity index (χ0n) is 25.0. The standard InChI is InChI=1S/C30H44N6O4/c1-8-22-23(29(37)31-17-25-27(40-7)15-19(2)33-30(25)38)16-26-24(18-32-36(26)5)28(22)35(4)21-11-9-20(10-12-21)34(3)13-14-39-6/h15-16,18,20-21,25H,8-14,17H2,1-7H3,(H,31,37). The van der Waals surface area contributed by atoms with E-state index >= 15 is 0 Å². The predicted octanol–water partition coefficient (Wildman–Crippen LogP) is 3.34. The number of dihydropyridines is 1. The fraction of sp³-hybridized carbons (Fsp3) is 0.600. The van der Waals surface area contributed by atoms with Gasteiger partial charge in [-0.15, -0.1) is 0 Å². The van der Waals surface area contributed by atoms with Gasteiger partial charge in [0.15, 0.2) is 0 Å². The number of aromatic nitrogens is 2. The maximum Gasteiger partial charge on any atom is 0.258 e. The molecule has 0 radical (unpaired) electrons. The Balaban J connectivity index is 1.58. The second-order valence-electron chi connectivity index (χ2n) is 11.0. The fourth-order valence-corrected chi connectivity index (χ4v) is 6.16. The van der Waals surface area contributed by atoms with E-state index in [0.29, 0.717) is 35.5 Å². The van der Waals surface area contributed by atoms with E-state index in [-0.39, 0.29) is 18.4 Å². The van der Waals surface area contributed by atoms with E-state index in [1.54, 1.807) is 20.1 Å². The summed E-state index contributed by atoms with van der Waals surface area (Å²) in [5.74, 6) is -0.645. The molecule has 10 heteroatoms. The molecule has 1 fully saturated rings. The molecule has 0 saturated heterocycles. The van der Waals surface area contributed by atoms with Crippen LogP contribution in [0.25, 0.3) is 10.9 Å². The molecule has 2 aliphatic rings. The Labute approximate surface area is 237 Å². The first-order valence-electron chi connectivity index (χ1n) is 14.2. The summed E-state index contributed by atoms with van der Waals surface area (Å²) < 4.78 is 12.5. The van der Waals surface area contributed by atoms with Gasteiger partial charge in [-0.05, 0) is 63.8 Å². The smallest absolute Gasteiger partial charge is 0.258 e. The fourth-order valence-electron chi connectivity index (χ4n) is 6.16. The van der Waals surface area contributed by atoms with Gasteiger partial charge < -0.3 is 24.6 Å². The Bertz CT molecular complexity index is 1290. The van der Waals surface area contributed by atoms with Crippen LogP contribution in [-0.4, -0.2) is 92.3 Å². The van der Waals surface area contributed by atoms with Gasteiger partial charge in [0.1, 0.15) is 11.7 Å². The second kappa shape index (κ2) is 13.0. The number of likely N-dealkylation sites (N-methyl/N-ethyl adjacent to an activating group) is 1. The number of allylic oxidation sites excluding steroid dienone is 1. The Morgan fingerprint density at radius 1 is 1.18 bits per heavy atom. The van der Waals surface area contributed by atoms with Gasteiger partial charge in [-0.2, -0.15) is 5.10 Å². The molecule has 218 valence electrons. The third-order valence-electron chi connectivity index (χ3n) is 8.55. The maximum absolute atomic E-state index is 13.7. The highest BCUT2D eigenvalue weighted by Gasteiger charge is 2.31. The van der Waals surface area contributed by atoms with Crippen molar-refractivity contribution in [3.8, 4) is 0 Å². The summed E-state index contributed by atoms with van der Waals surface area (Å²) >= 11 is 0. The van der Waals surface area contributed by atoms with Crippen LogP contribution in [0.4, 0.5) is 5.69 Å². The average Bonchev–Trinajstić information content (AvgIpc) is 3.33. The van der Waals surface area contributed by atoms with Gasteiger partial charge in [-0.3, -0.25) is 14.3 Å². The monoisotopic (exact) mass is 552 g/mol. The second-order valence-corrected chi connectivity index (χ2v) is 11.0. The van der Waals surface area contributed by atoms with Crippen LogP contribution in [0.15, 0.2) is 29.1 Å². The lowest BCUT2D eigenvalue weighted by molar-refractivity contribution is -0.121. The molecule has 1 aromatic carbocycles. The van der Waals surface area contributed by atoms with Crippen molar-refractivity contribution >= 4 is 34.1 Å². The summed E-state index contributed by atoms with van der Waals surface area (Å²) in [4.78, 5) is 35.1. The number of carbonyl (C=O) groups excluding carboxylic acids is 2. The van der Waals surface area contributed by atoms with E-state index in [2.05, 4.69) is 46.2 Å². The number of anilines is 1. The summed E-state index contributed by atoms with van der Waals surface area (Å²) in [6, 6.07) is 2.85. The van der Waals surface area contributed by atoms with Gasteiger partial charge in [0.05, 0.1) is 31.1 Å². The van der Waals surface area contributed by atoms with E-state index < -0.39 is 5.92 Å². The molecule has 1 unspecified atom stereocenters. The molecule has 2 amide bonds. The van der Waals surface area contributed by atoms with Crippen LogP contribution in [0.1, 0.15) is 55.5 Å². The molecule has 0 bridgehead atoms. The van der Waals surface area contributed by atoms with Gasteiger partial charge in [0.2, 0.25) is 0 Å². The molecular formula is C30H44N6O4. The summed E-state index contributed by atoms with van der Waals surface area (Å²) in [6.45, 7) is 5.64. The third-order valence-corrected chi connectivity index (χ3v) is 8.55. The number of nitrogens with one attached hydrogen (secondary N) is 1. The molecule has 1 atom stereocenters. The zero-order chi connectivity index (χ0) is 29.0. The highest BCUT2D eigenvalue weighted by atomic mass is 16.5. The van der Waals surface area contributed by atoms with Gasteiger partial charge >= 0.3 is 0 Å². The van der Waals surface area contributed by atoms with Crippen molar-refractivity contribution in [1.29, 1.82) is 0 Å². The van der Waals surface area contributed by atoms with Crippen molar-refractivity contribution in [2.24, 2.45) is 18.0 Å². The number of ether oxygens (including phenoxy) is 2. The van der Waals surface area contributed by atoms with E-state index in [4.69, 9.17) is 9.47 Å². The molecule has 1 aliphatic carbocycles. The largest absolute Gasteiger partial charge is 0.500 e. The van der Waals surface area contributed by atoms with Gasteiger partial charge in [-0.25, -0.2) is 4.99 Å². The SMILES string of the molecule is CCc1c(C(=O)NCC2C(=O)N=C(C)C=C2OC)cc2c(cnn2C)c1N(C)C1CCC(N(C)CCOC)CC1. The van der Waals surface area contributed by atoms with Crippen LogP contribution < -0.4 is 10.2 Å². The minimum absolute atomic E-state index is 0.118. The number of aryl methyl sites for hydroxylation is 1. The predicted molar refractivity (Wildman–Crippen MR) is 158 cm³/mol. The molecular weight excluding hydrogens is 508 g/mol. The summed E-state index contributed by atoms with van der Waals surface area (Å²) in [7, 11) is 9.52. The molecule has 10 nitrogen and oxygen atoms in total. The first kappa shape index (κ1) is 29.7. The van der Waals surface area contributed by atoms with Crippen molar-refractivity contribution in [2.45, 2.75) is 58.0 Å². The minimum atomic E-state index is -0.637. The summed E-state index contributed by atoms with van der Waals surface area (Å²) in [5.41, 5.74) is 4.18. The van der Waals surface area contributed by atoms with Crippen molar-refractivity contribution in [2.75, 3.05) is 52.9 Å². The lowest BCUT2D eigenvalue weighted by Gasteiger charge is -2.40. The van der Waals surface area contributed by atoms with Crippen molar-refractivity contribution in [3.63, 3.8) is 0 Å². The molecule has 2 aromatic rings. The maximum atomic E-state index is 13.7. The number of nitrogens with zero attached hydrogens (tertiary/aromatic N) is 5. The molecule has 40 heavy (non-hydrogen) atoms. The molecule has 1 N–H and O–H groups in total. The third kappa shape index (κ3) is 6.07. The van der Waals surface area contributed by atoms with Crippen molar-refractivity contribution in [1.82, 2.24) is 20.0 Å². The molecule has 0 spiro atoms. The van der Waals surface area contributed by atoms with Crippen molar-refractivity contribution in [3.05, 3.63) is 35.2 Å². The number of hydrogen-bond acceptors (Lipinski definition) is 7. The minimum Gasteiger partial charge on any atom is -0.500 e. The Morgan fingerprint density at radius 2 is 1.88 bits per heavy atom. The Hall–Kier alpha value is -3.24. The highest BCUT2D eigenvalue weighted by Crippen LogP contribution is 2.37. The molecule has 2 heterocycles. The topological polar surface area (TPSA) is 101 Å². The summed E-state index contributed by atoms with van der Waals surface area (Å²) in [6.07, 6.45) is 8.75. The molecule has 1 saturated carbocycles. The first-order chi connectivity index (χ1) is 19.2. The van der Waals surface area contributed by atoms with Crippen LogP contribution in [-0.2, 0) is 27.7 Å². The Kier molecular flexibility index (Phi) is 9.63. The highest BCUT2D eigenvalue weighted by molar-refractivity contribution is 6.07. The van der Waals surface area contributed by atoms with E-state index in [1.807, 2.05) is 24.0 Å². The normalized spacial score (nSPS) is 21.4. The summed E-state index contributed by atoms with van der Waals surface area (Å²) in [5, 5.41) is 8.58. The number of rotatable bonds is 11. The van der Waals surface area contributed by atoms with Gasteiger partial charge in [-0.1, -0.05) is 6.92 Å². The van der Waals surface area contributed by atoms with Gasteiger partial charge in [0, 0.05) is 63.0 Å². The Morgan fingerprint density at radius 3 is 2.52 bits per heavy atom. The van der Waals surface area contributed by atoms with Crippen molar-refractivity contribution < 1.29 is 19.1 Å². The average molecular weight is 553 g/mol. The number of amides is 2. The lowest BCUT2D eigenvalue weighted by atomic mass is 9.88.